The molecule has 2 unspecified atom stereocenters. The molecule has 7 rings (SSSR count). The van der Waals surface area contributed by atoms with Gasteiger partial charge in [-0.25, -0.2) is 18.7 Å². The number of nitrogens with one attached hydrogen (secondary N) is 2. The third-order valence-corrected chi connectivity index (χ3v) is 21.1. The van der Waals surface area contributed by atoms with Crippen molar-refractivity contribution in [3.8, 4) is 17.6 Å². The summed E-state index contributed by atoms with van der Waals surface area (Å²) in [7, 11) is -10.3. The SMILES string of the molecule is COc1ccc(C(OC[C@H]2O[C@@H](n3cc(C)c(=O)[nH]c3=O)C[C@@H]2OP(=O)(OCCC#N)OP(=O)(O)OC[C@H]2O[C@@H](n3cc(C)c(=O)[nH]c3=O)C[C@@H]2O[Si](C)(C)C(C)(C)C)(c2ccccc2)c2ccc(OC)cc2)cc1. The molecule has 2 aliphatic rings. The largest absolute Gasteiger partial charge is 0.497 e. The lowest BCUT2D eigenvalue weighted by atomic mass is 9.80. The number of rotatable bonds is 22. The van der Waals surface area contributed by atoms with Crippen LogP contribution in [0.25, 0.3) is 0 Å². The van der Waals surface area contributed by atoms with Crippen LogP contribution in [-0.4, -0.2) is 90.8 Å². The molecule has 3 aromatic carbocycles. The molecular weight excluding hydrogens is 1030 g/mol. The summed E-state index contributed by atoms with van der Waals surface area (Å²) in [6.07, 6.45) is -4.77. The van der Waals surface area contributed by atoms with Crippen molar-refractivity contribution in [1.82, 2.24) is 19.1 Å². The minimum absolute atomic E-state index is 0.0775. The molecule has 8 atom stereocenters. The molecule has 3 N–H and O–H groups in total. The molecule has 2 fully saturated rings. The molecule has 22 nitrogen and oxygen atoms in total. The number of H-pyrrole nitrogens is 2. The van der Waals surface area contributed by atoms with Crippen LogP contribution in [0.3, 0.4) is 0 Å². The highest BCUT2D eigenvalue weighted by atomic mass is 31.3. The second kappa shape index (κ2) is 23.3. The van der Waals surface area contributed by atoms with Gasteiger partial charge < -0.3 is 33.0 Å². The fourth-order valence-corrected chi connectivity index (χ4v) is 12.6. The van der Waals surface area contributed by atoms with Crippen LogP contribution in [0.4, 0.5) is 0 Å². The van der Waals surface area contributed by atoms with Crippen molar-refractivity contribution in [2.45, 2.75) is 114 Å². The minimum Gasteiger partial charge on any atom is -0.497 e. The van der Waals surface area contributed by atoms with Crippen molar-refractivity contribution in [2.75, 3.05) is 34.0 Å². The molecule has 0 amide bonds. The van der Waals surface area contributed by atoms with Crippen molar-refractivity contribution in [3.05, 3.63) is 161 Å². The molecule has 75 heavy (non-hydrogen) atoms. The van der Waals surface area contributed by atoms with Crippen molar-refractivity contribution >= 4 is 24.0 Å². The van der Waals surface area contributed by atoms with E-state index < -0.39 is 102 Å². The van der Waals surface area contributed by atoms with E-state index in [1.165, 1.54) is 30.8 Å². The third kappa shape index (κ3) is 13.2. The van der Waals surface area contributed by atoms with Gasteiger partial charge in [0.15, 0.2) is 8.32 Å². The highest BCUT2D eigenvalue weighted by Crippen LogP contribution is 2.65. The van der Waals surface area contributed by atoms with E-state index in [4.69, 9.17) is 46.0 Å². The first-order valence-electron chi connectivity index (χ1n) is 24.0. The molecule has 2 aliphatic heterocycles. The zero-order chi connectivity index (χ0) is 54.5. The Bertz CT molecular complexity index is 3120. The monoisotopic (exact) mass is 1100 g/mol. The number of nitrogens with zero attached hydrogens (tertiary/aromatic N) is 3. The van der Waals surface area contributed by atoms with Gasteiger partial charge in [0.05, 0.1) is 52.6 Å². The Morgan fingerprint density at radius 3 is 1.69 bits per heavy atom. The Morgan fingerprint density at radius 1 is 0.733 bits per heavy atom. The molecule has 2 aromatic heterocycles. The standard InChI is InChI=1S/C50H63N5O17P2Si/c1-32-28-54(47(58)52-45(32)56)43-26-39(41(68-43)30-65-50(34-14-11-10-12-15-34,35-16-20-37(63-6)21-17-35)36-18-22-38(64-7)23-19-36)70-74(62,66-25-13-24-51)72-73(60,61)67-31-42-40(71-75(8,9)49(3,4)5)27-44(69-42)55-29-33(2)46(57)53-48(55)59/h10-12,14-23,28-29,39-44H,13,25-27,30-31H2,1-9H3,(H,60,61)(H,52,56,58)(H,53,57,59)/t39-,40-,41+,42+,43+,44+,74?/m0/s1. The lowest BCUT2D eigenvalue weighted by molar-refractivity contribution is -0.0940. The number of hydrogen-bond acceptors (Lipinski definition) is 17. The third-order valence-electron chi connectivity index (χ3n) is 13.5. The van der Waals surface area contributed by atoms with Crippen LogP contribution in [0, 0.1) is 25.2 Å². The summed E-state index contributed by atoms with van der Waals surface area (Å²) in [5.41, 5.74) is -1.87. The zero-order valence-corrected chi connectivity index (χ0v) is 45.9. The van der Waals surface area contributed by atoms with E-state index in [0.717, 1.165) is 4.57 Å². The highest BCUT2D eigenvalue weighted by Gasteiger charge is 2.50. The maximum atomic E-state index is 15.0. The second-order valence-corrected chi connectivity index (χ2v) is 27.6. The average Bonchev–Trinajstić information content (AvgIpc) is 3.95. The number of phosphoric acid groups is 2. The molecule has 2 saturated heterocycles. The second-order valence-electron chi connectivity index (χ2n) is 19.6. The molecule has 0 aliphatic carbocycles. The van der Waals surface area contributed by atoms with Crippen LogP contribution in [0.5, 0.6) is 11.5 Å². The van der Waals surface area contributed by atoms with Crippen molar-refractivity contribution < 1.29 is 60.0 Å². The summed E-state index contributed by atoms with van der Waals surface area (Å²) in [6.45, 7) is 11.4. The van der Waals surface area contributed by atoms with Gasteiger partial charge in [-0.2, -0.15) is 9.57 Å². The van der Waals surface area contributed by atoms with Gasteiger partial charge in [-0.05, 0) is 72.9 Å². The summed E-state index contributed by atoms with van der Waals surface area (Å²) in [4.78, 5) is 67.0. The van der Waals surface area contributed by atoms with Gasteiger partial charge in [0, 0.05) is 36.4 Å². The van der Waals surface area contributed by atoms with Gasteiger partial charge in [0.1, 0.15) is 47.9 Å². The lowest BCUT2D eigenvalue weighted by Crippen LogP contribution is -2.46. The summed E-state index contributed by atoms with van der Waals surface area (Å²) in [5, 5.41) is 9.15. The number of aromatic amines is 2. The van der Waals surface area contributed by atoms with E-state index in [2.05, 4.69) is 9.97 Å². The molecule has 25 heteroatoms. The molecular formula is C50H63N5O17P2Si. The van der Waals surface area contributed by atoms with Crippen LogP contribution in [0.1, 0.15) is 80.3 Å². The van der Waals surface area contributed by atoms with Crippen molar-refractivity contribution in [2.24, 2.45) is 0 Å². The Morgan fingerprint density at radius 2 is 1.21 bits per heavy atom. The first-order chi connectivity index (χ1) is 35.4. The van der Waals surface area contributed by atoms with Crippen molar-refractivity contribution in [1.29, 1.82) is 5.26 Å². The van der Waals surface area contributed by atoms with Crippen LogP contribution >= 0.6 is 15.6 Å². The van der Waals surface area contributed by atoms with Gasteiger partial charge >= 0.3 is 27.0 Å². The number of ether oxygens (including phenoxy) is 5. The number of aromatic nitrogens is 4. The first kappa shape index (κ1) is 57.1. The number of nitriles is 1. The predicted octanol–water partition coefficient (Wildman–Crippen LogP) is 7.25. The summed E-state index contributed by atoms with van der Waals surface area (Å²) >= 11 is 0. The van der Waals surface area contributed by atoms with Crippen LogP contribution in [-0.2, 0) is 51.2 Å². The number of methoxy groups -OCH3 is 2. The molecule has 4 heterocycles. The van der Waals surface area contributed by atoms with Crippen LogP contribution in [0.2, 0.25) is 18.1 Å². The molecule has 0 bridgehead atoms. The summed E-state index contributed by atoms with van der Waals surface area (Å²) in [6, 6.07) is 25.5. The van der Waals surface area contributed by atoms with Crippen molar-refractivity contribution in [3.63, 3.8) is 0 Å². The van der Waals surface area contributed by atoms with Gasteiger partial charge in [0.2, 0.25) is 0 Å². The molecule has 404 valence electrons. The van der Waals surface area contributed by atoms with Gasteiger partial charge in [-0.15, -0.1) is 0 Å². The zero-order valence-electron chi connectivity index (χ0n) is 43.1. The number of benzene rings is 3. The Balaban J connectivity index is 1.22. The van der Waals surface area contributed by atoms with E-state index in [0.29, 0.717) is 28.2 Å². The summed E-state index contributed by atoms with van der Waals surface area (Å²) < 4.78 is 91.4. The maximum Gasteiger partial charge on any atom is 0.484 e. The Hall–Kier alpha value is -5.57. The Labute approximate surface area is 433 Å². The summed E-state index contributed by atoms with van der Waals surface area (Å²) in [5.74, 6) is 1.14. The smallest absolute Gasteiger partial charge is 0.484 e. The minimum atomic E-state index is -5.51. The maximum absolute atomic E-state index is 15.0. The lowest BCUT2D eigenvalue weighted by Gasteiger charge is -2.39. The number of phosphoric ester groups is 2. The predicted molar refractivity (Wildman–Crippen MR) is 275 cm³/mol. The number of aryl methyl sites for hydroxylation is 2. The highest BCUT2D eigenvalue weighted by molar-refractivity contribution is 7.61. The van der Waals surface area contributed by atoms with E-state index >= 15 is 0 Å². The molecule has 0 radical (unpaired) electrons. The van der Waals surface area contributed by atoms with E-state index in [1.54, 1.807) is 38.5 Å². The Kier molecular flexibility index (Phi) is 17.8. The van der Waals surface area contributed by atoms with E-state index in [9.17, 15) is 38.5 Å². The molecule has 0 spiro atoms. The quantitative estimate of drug-likeness (QED) is 0.0266. The van der Waals surface area contributed by atoms with Gasteiger partial charge in [-0.1, -0.05) is 75.4 Å². The number of hydrogen-bond donors (Lipinski definition) is 3. The normalized spacial score (nSPS) is 21.8. The first-order valence-corrected chi connectivity index (χ1v) is 29.9. The molecule has 5 aromatic rings. The van der Waals surface area contributed by atoms with Crippen LogP contribution < -0.4 is 32.0 Å². The van der Waals surface area contributed by atoms with Crippen LogP contribution in [0.15, 0.2) is 110 Å². The van der Waals surface area contributed by atoms with Gasteiger partial charge in [-0.3, -0.25) is 42.3 Å². The van der Waals surface area contributed by atoms with E-state index in [-0.39, 0.29) is 42.0 Å². The van der Waals surface area contributed by atoms with Gasteiger partial charge in [0.25, 0.3) is 11.1 Å². The average molecular weight is 1100 g/mol. The molecule has 0 saturated carbocycles. The fraction of sp³-hybridized carbons (Fsp3) is 0.460. The fourth-order valence-electron chi connectivity index (χ4n) is 8.47. The topological polar surface area (TPSA) is 280 Å². The van der Waals surface area contributed by atoms with E-state index in [1.807, 2.05) is 94.5 Å².